The Balaban J connectivity index is 1.87. The van der Waals surface area contributed by atoms with E-state index in [0.717, 1.165) is 30.5 Å². The van der Waals surface area contributed by atoms with Crippen molar-refractivity contribution in [2.24, 2.45) is 0 Å². The highest BCUT2D eigenvalue weighted by Crippen LogP contribution is 2.21. The molecule has 2 rings (SSSR count). The van der Waals surface area contributed by atoms with Crippen LogP contribution in [0, 0.1) is 13.8 Å². The van der Waals surface area contributed by atoms with Gasteiger partial charge in [-0.15, -0.1) is 0 Å². The number of aryl methyl sites for hydroxylation is 4. The van der Waals surface area contributed by atoms with E-state index in [-0.39, 0.29) is 5.91 Å². The minimum Gasteiger partial charge on any atom is -0.326 e. The van der Waals surface area contributed by atoms with E-state index in [4.69, 9.17) is 0 Å². The van der Waals surface area contributed by atoms with Gasteiger partial charge in [-0.1, -0.05) is 55.0 Å². The van der Waals surface area contributed by atoms with Crippen molar-refractivity contribution in [3.63, 3.8) is 0 Å². The highest BCUT2D eigenvalue weighted by atomic mass is 16.1. The lowest BCUT2D eigenvalue weighted by Crippen LogP contribution is -2.14. The predicted octanol–water partition coefficient (Wildman–Crippen LogP) is 4.83. The van der Waals surface area contributed by atoms with Crippen LogP contribution in [0.5, 0.6) is 0 Å². The van der Waals surface area contributed by atoms with Gasteiger partial charge in [-0.25, -0.2) is 0 Å². The summed E-state index contributed by atoms with van der Waals surface area (Å²) in [6, 6.07) is 14.7. The third-order valence-corrected chi connectivity index (χ3v) is 3.99. The molecule has 1 N–H and O–H groups in total. The van der Waals surface area contributed by atoms with E-state index in [1.807, 2.05) is 19.1 Å². The summed E-state index contributed by atoms with van der Waals surface area (Å²) < 4.78 is 0. The van der Waals surface area contributed by atoms with Crippen LogP contribution in [-0.4, -0.2) is 5.91 Å². The lowest BCUT2D eigenvalue weighted by Gasteiger charge is -2.13. The molecular weight excluding hydrogens is 270 g/mol. The van der Waals surface area contributed by atoms with Crippen molar-refractivity contribution in [3.8, 4) is 0 Å². The number of nitrogens with one attached hydrogen (secondary N) is 1. The molecule has 0 aliphatic rings. The van der Waals surface area contributed by atoms with E-state index < -0.39 is 0 Å². The molecule has 0 saturated carbocycles. The van der Waals surface area contributed by atoms with Gasteiger partial charge in [-0.05, 0) is 49.8 Å². The monoisotopic (exact) mass is 295 g/mol. The number of carbonyl (C=O) groups excluding carboxylic acids is 1. The van der Waals surface area contributed by atoms with Gasteiger partial charge in [-0.2, -0.15) is 0 Å². The number of benzene rings is 2. The Bertz CT molecular complexity index is 629. The molecule has 0 saturated heterocycles. The zero-order chi connectivity index (χ0) is 15.9. The third-order valence-electron chi connectivity index (χ3n) is 3.99. The minimum absolute atomic E-state index is 0.108. The molecule has 2 aromatic carbocycles. The van der Waals surface area contributed by atoms with E-state index >= 15 is 0 Å². The lowest BCUT2D eigenvalue weighted by atomic mass is 10.0. The second-order valence-electron chi connectivity index (χ2n) is 5.85. The maximum atomic E-state index is 12.2. The van der Waals surface area contributed by atoms with Crippen LogP contribution in [0.2, 0.25) is 0 Å². The van der Waals surface area contributed by atoms with Crippen LogP contribution in [-0.2, 0) is 17.6 Å². The van der Waals surface area contributed by atoms with E-state index in [0.29, 0.717) is 6.42 Å². The smallest absolute Gasteiger partial charge is 0.224 e. The first kappa shape index (κ1) is 16.3. The summed E-state index contributed by atoms with van der Waals surface area (Å²) in [4.78, 5) is 12.2. The molecule has 2 aromatic rings. The molecule has 1 amide bonds. The van der Waals surface area contributed by atoms with Crippen molar-refractivity contribution in [2.75, 3.05) is 5.32 Å². The molecule has 0 bridgehead atoms. The molecule has 0 aliphatic carbocycles. The molecule has 0 aromatic heterocycles. The van der Waals surface area contributed by atoms with Gasteiger partial charge < -0.3 is 5.32 Å². The van der Waals surface area contributed by atoms with Gasteiger partial charge in [0.2, 0.25) is 5.91 Å². The number of hydrogen-bond donors (Lipinski definition) is 1. The first-order chi connectivity index (χ1) is 10.6. The van der Waals surface area contributed by atoms with Crippen LogP contribution in [0.3, 0.4) is 0 Å². The van der Waals surface area contributed by atoms with E-state index in [1.165, 1.54) is 16.7 Å². The van der Waals surface area contributed by atoms with Gasteiger partial charge in [0.05, 0.1) is 0 Å². The van der Waals surface area contributed by atoms with Crippen molar-refractivity contribution in [2.45, 2.75) is 46.5 Å². The highest BCUT2D eigenvalue weighted by molar-refractivity contribution is 5.92. The van der Waals surface area contributed by atoms with E-state index in [1.54, 1.807) is 0 Å². The van der Waals surface area contributed by atoms with Crippen molar-refractivity contribution >= 4 is 11.6 Å². The SMILES string of the molecule is CCc1cccc(C)c1NC(=O)CCCc1ccc(C)cc1. The summed E-state index contributed by atoms with van der Waals surface area (Å²) in [6.45, 7) is 6.24. The fraction of sp³-hybridized carbons (Fsp3) is 0.350. The average molecular weight is 295 g/mol. The highest BCUT2D eigenvalue weighted by Gasteiger charge is 2.08. The lowest BCUT2D eigenvalue weighted by molar-refractivity contribution is -0.116. The van der Waals surface area contributed by atoms with Gasteiger partial charge in [-0.3, -0.25) is 4.79 Å². The summed E-state index contributed by atoms with van der Waals surface area (Å²) in [6.07, 6.45) is 3.32. The number of rotatable bonds is 6. The Morgan fingerprint density at radius 3 is 2.45 bits per heavy atom. The van der Waals surface area contributed by atoms with Crippen LogP contribution in [0.4, 0.5) is 5.69 Å². The second-order valence-corrected chi connectivity index (χ2v) is 5.85. The fourth-order valence-corrected chi connectivity index (χ4v) is 2.61. The zero-order valence-electron chi connectivity index (χ0n) is 13.8. The Labute approximate surface area is 133 Å². The Morgan fingerprint density at radius 2 is 1.77 bits per heavy atom. The summed E-state index contributed by atoms with van der Waals surface area (Å²) in [5, 5.41) is 3.09. The first-order valence-electron chi connectivity index (χ1n) is 8.04. The number of amides is 1. The molecule has 0 fully saturated rings. The molecule has 0 radical (unpaired) electrons. The number of para-hydroxylation sites is 1. The molecule has 0 aliphatic heterocycles. The predicted molar refractivity (Wildman–Crippen MR) is 93.3 cm³/mol. The number of anilines is 1. The van der Waals surface area contributed by atoms with Crippen LogP contribution >= 0.6 is 0 Å². The summed E-state index contributed by atoms with van der Waals surface area (Å²) in [5.41, 5.74) is 5.89. The molecule has 22 heavy (non-hydrogen) atoms. The maximum Gasteiger partial charge on any atom is 0.224 e. The van der Waals surface area contributed by atoms with Crippen molar-refractivity contribution in [1.82, 2.24) is 0 Å². The quantitative estimate of drug-likeness (QED) is 0.812. The third kappa shape index (κ3) is 4.45. The minimum atomic E-state index is 0.108. The van der Waals surface area contributed by atoms with Crippen LogP contribution < -0.4 is 5.32 Å². The topological polar surface area (TPSA) is 29.1 Å². The number of hydrogen-bond acceptors (Lipinski definition) is 1. The normalized spacial score (nSPS) is 10.5. The maximum absolute atomic E-state index is 12.2. The number of carbonyl (C=O) groups is 1. The summed E-state index contributed by atoms with van der Waals surface area (Å²) >= 11 is 0. The molecule has 116 valence electrons. The molecular formula is C20H25NO. The van der Waals surface area contributed by atoms with Gasteiger partial charge in [0.25, 0.3) is 0 Å². The summed E-state index contributed by atoms with van der Waals surface area (Å²) in [5.74, 6) is 0.108. The van der Waals surface area contributed by atoms with Gasteiger partial charge in [0, 0.05) is 12.1 Å². The Kier molecular flexibility index (Phi) is 5.76. The largest absolute Gasteiger partial charge is 0.326 e. The standard InChI is InChI=1S/C20H25NO/c1-4-18-9-5-7-16(3)20(18)21-19(22)10-6-8-17-13-11-15(2)12-14-17/h5,7,9,11-14H,4,6,8,10H2,1-3H3,(H,21,22). The molecule has 0 unspecified atom stereocenters. The van der Waals surface area contributed by atoms with Crippen LogP contribution in [0.25, 0.3) is 0 Å². The average Bonchev–Trinajstić information content (AvgIpc) is 2.51. The Morgan fingerprint density at radius 1 is 1.05 bits per heavy atom. The fourth-order valence-electron chi connectivity index (χ4n) is 2.61. The van der Waals surface area contributed by atoms with Gasteiger partial charge >= 0.3 is 0 Å². The molecule has 0 atom stereocenters. The van der Waals surface area contributed by atoms with Crippen LogP contribution in [0.1, 0.15) is 42.0 Å². The Hall–Kier alpha value is -2.09. The van der Waals surface area contributed by atoms with Crippen molar-refractivity contribution in [1.29, 1.82) is 0 Å². The molecule has 0 spiro atoms. The molecule has 2 nitrogen and oxygen atoms in total. The van der Waals surface area contributed by atoms with E-state index in [2.05, 4.69) is 49.5 Å². The molecule has 2 heteroatoms. The zero-order valence-corrected chi connectivity index (χ0v) is 13.8. The van der Waals surface area contributed by atoms with Crippen molar-refractivity contribution < 1.29 is 4.79 Å². The molecule has 0 heterocycles. The van der Waals surface area contributed by atoms with Gasteiger partial charge in [0.1, 0.15) is 0 Å². The van der Waals surface area contributed by atoms with Crippen molar-refractivity contribution in [3.05, 3.63) is 64.7 Å². The van der Waals surface area contributed by atoms with E-state index in [9.17, 15) is 4.79 Å². The summed E-state index contributed by atoms with van der Waals surface area (Å²) in [7, 11) is 0. The van der Waals surface area contributed by atoms with Gasteiger partial charge in [0.15, 0.2) is 0 Å². The second kappa shape index (κ2) is 7.79. The van der Waals surface area contributed by atoms with Crippen LogP contribution in [0.15, 0.2) is 42.5 Å². The first-order valence-corrected chi connectivity index (χ1v) is 8.04.